The fraction of sp³-hybridized carbons (Fsp3) is 0.0508. The Morgan fingerprint density at radius 3 is 1.48 bits per heavy atom. The van der Waals surface area contributed by atoms with Gasteiger partial charge in [-0.15, -0.1) is 0 Å². The molecule has 1 aliphatic carbocycles. The molecule has 0 atom stereocenters. The van der Waals surface area contributed by atoms with Gasteiger partial charge in [0.15, 0.2) is 0 Å². The van der Waals surface area contributed by atoms with Crippen LogP contribution in [0, 0.1) is 0 Å². The van der Waals surface area contributed by atoms with Gasteiger partial charge in [0.2, 0.25) is 0 Å². The van der Waals surface area contributed by atoms with Crippen molar-refractivity contribution in [2.45, 2.75) is 19.3 Å². The van der Waals surface area contributed by atoms with E-state index in [0.29, 0.717) is 0 Å². The van der Waals surface area contributed by atoms with Crippen molar-refractivity contribution in [3.8, 4) is 44.5 Å². The third-order valence-corrected chi connectivity index (χ3v) is 13.6. The van der Waals surface area contributed by atoms with Gasteiger partial charge in [-0.25, -0.2) is 0 Å². The zero-order chi connectivity index (χ0) is 39.7. The smallest absolute Gasteiger partial charge is 0.136 e. The summed E-state index contributed by atoms with van der Waals surface area (Å²) in [5.74, 6) is 0. The molecule has 1 aromatic heterocycles. The molecule has 12 aromatic rings. The van der Waals surface area contributed by atoms with Crippen LogP contribution in [0.4, 0.5) is 0 Å². The predicted octanol–water partition coefficient (Wildman–Crippen LogP) is 16.7. The SMILES string of the molecule is CC1(C)c2ccc(-c3ccc(-c4c5ccccc5c(-c5ccc6oc7ccc8ccccc8c7c6c5)c5ccccc45)cc3)cc2-c2c1c1ccccc1c1ccccc21. The van der Waals surface area contributed by atoms with E-state index < -0.39 is 0 Å². The van der Waals surface area contributed by atoms with Crippen molar-refractivity contribution < 1.29 is 4.42 Å². The highest BCUT2D eigenvalue weighted by atomic mass is 16.3. The molecule has 0 bridgehead atoms. The normalized spacial score (nSPS) is 13.3. The molecule has 0 unspecified atom stereocenters. The number of rotatable bonds is 3. The second-order valence-corrected chi connectivity index (χ2v) is 17.1. The number of hydrogen-bond acceptors (Lipinski definition) is 1. The average molecular weight is 763 g/mol. The Morgan fingerprint density at radius 2 is 0.817 bits per heavy atom. The minimum atomic E-state index is -0.114. The molecule has 0 spiro atoms. The fourth-order valence-corrected chi connectivity index (χ4v) is 11.0. The van der Waals surface area contributed by atoms with Gasteiger partial charge in [0.05, 0.1) is 0 Å². The van der Waals surface area contributed by atoms with Gasteiger partial charge < -0.3 is 4.42 Å². The van der Waals surface area contributed by atoms with E-state index in [9.17, 15) is 0 Å². The van der Waals surface area contributed by atoms with Crippen LogP contribution in [0.2, 0.25) is 0 Å². The molecule has 13 rings (SSSR count). The zero-order valence-corrected chi connectivity index (χ0v) is 33.4. The van der Waals surface area contributed by atoms with E-state index >= 15 is 0 Å². The minimum absolute atomic E-state index is 0.114. The second kappa shape index (κ2) is 12.3. The number of furan rings is 1. The number of hydrogen-bond donors (Lipinski definition) is 0. The molecule has 1 heterocycles. The van der Waals surface area contributed by atoms with E-state index in [1.165, 1.54) is 115 Å². The van der Waals surface area contributed by atoms with E-state index in [-0.39, 0.29) is 5.41 Å². The van der Waals surface area contributed by atoms with Crippen molar-refractivity contribution in [1.82, 2.24) is 0 Å². The Labute approximate surface area is 347 Å². The van der Waals surface area contributed by atoms with Crippen molar-refractivity contribution in [2.75, 3.05) is 0 Å². The first-order valence-electron chi connectivity index (χ1n) is 21.0. The molecule has 280 valence electrons. The van der Waals surface area contributed by atoms with Crippen molar-refractivity contribution >= 4 is 75.8 Å². The highest BCUT2D eigenvalue weighted by Crippen LogP contribution is 2.55. The van der Waals surface area contributed by atoms with Crippen LogP contribution in [-0.2, 0) is 5.41 Å². The molecule has 1 aliphatic rings. The quantitative estimate of drug-likeness (QED) is 0.129. The summed E-state index contributed by atoms with van der Waals surface area (Å²) in [6, 6.07) is 71.8. The molecule has 0 saturated heterocycles. The summed E-state index contributed by atoms with van der Waals surface area (Å²) in [5.41, 5.74) is 14.7. The van der Waals surface area contributed by atoms with Gasteiger partial charge in [0, 0.05) is 16.2 Å². The maximum atomic E-state index is 6.42. The van der Waals surface area contributed by atoms with Gasteiger partial charge in [-0.3, -0.25) is 0 Å². The van der Waals surface area contributed by atoms with Crippen LogP contribution >= 0.6 is 0 Å². The van der Waals surface area contributed by atoms with E-state index in [0.717, 1.165) is 16.6 Å². The summed E-state index contributed by atoms with van der Waals surface area (Å²) in [4.78, 5) is 0. The third-order valence-electron chi connectivity index (χ3n) is 13.6. The van der Waals surface area contributed by atoms with Crippen molar-refractivity contribution in [2.24, 2.45) is 0 Å². The lowest BCUT2D eigenvalue weighted by Crippen LogP contribution is -2.15. The molecular weight excluding hydrogens is 725 g/mol. The first kappa shape index (κ1) is 33.5. The molecule has 0 radical (unpaired) electrons. The molecule has 11 aromatic carbocycles. The lowest BCUT2D eigenvalue weighted by molar-refractivity contribution is 0.666. The molecule has 0 aliphatic heterocycles. The average Bonchev–Trinajstić information content (AvgIpc) is 3.80. The lowest BCUT2D eigenvalue weighted by atomic mass is 9.79. The minimum Gasteiger partial charge on any atom is -0.456 e. The van der Waals surface area contributed by atoms with Gasteiger partial charge in [-0.05, 0) is 134 Å². The Balaban J connectivity index is 0.966. The van der Waals surface area contributed by atoms with Crippen LogP contribution in [0.15, 0.2) is 199 Å². The van der Waals surface area contributed by atoms with Crippen LogP contribution in [0.1, 0.15) is 25.0 Å². The Kier molecular flexibility index (Phi) is 6.85. The summed E-state index contributed by atoms with van der Waals surface area (Å²) >= 11 is 0. The molecule has 0 fully saturated rings. The topological polar surface area (TPSA) is 13.1 Å². The standard InChI is InChI=1S/C59H38O/c1-59(2)51-30-27-38(33-49(51)57-43-17-7-5-15-41(43)42-16-6-12-22-48(42)58(57)59)35-23-25-37(26-24-35)54-44-18-8-10-20-46(44)55(47-21-11-9-19-45(47)54)39-29-31-52-50(34-39)56-40-14-4-3-13-36(40)28-32-53(56)60-52/h3-34H,1-2H3. The maximum absolute atomic E-state index is 6.42. The van der Waals surface area contributed by atoms with Gasteiger partial charge in [-0.1, -0.05) is 184 Å². The van der Waals surface area contributed by atoms with E-state index in [1.54, 1.807) is 0 Å². The van der Waals surface area contributed by atoms with Crippen LogP contribution in [-0.4, -0.2) is 0 Å². The van der Waals surface area contributed by atoms with Crippen molar-refractivity contribution in [3.63, 3.8) is 0 Å². The van der Waals surface area contributed by atoms with E-state index in [1.807, 2.05) is 0 Å². The van der Waals surface area contributed by atoms with Crippen LogP contribution < -0.4 is 0 Å². The zero-order valence-electron chi connectivity index (χ0n) is 33.4. The summed E-state index contributed by atoms with van der Waals surface area (Å²) in [6.45, 7) is 4.79. The molecule has 0 amide bonds. The molecule has 0 N–H and O–H groups in total. The van der Waals surface area contributed by atoms with Gasteiger partial charge >= 0.3 is 0 Å². The highest BCUT2D eigenvalue weighted by molar-refractivity contribution is 6.24. The highest BCUT2D eigenvalue weighted by Gasteiger charge is 2.38. The summed E-state index contributed by atoms with van der Waals surface area (Å²) in [5, 5.41) is 15.1. The number of fused-ring (bicyclic) bond motifs is 15. The maximum Gasteiger partial charge on any atom is 0.136 e. The van der Waals surface area contributed by atoms with Crippen LogP contribution in [0.5, 0.6) is 0 Å². The molecule has 1 nitrogen and oxygen atoms in total. The Morgan fingerprint density at radius 1 is 0.333 bits per heavy atom. The summed E-state index contributed by atoms with van der Waals surface area (Å²) < 4.78 is 6.42. The van der Waals surface area contributed by atoms with Crippen molar-refractivity contribution in [1.29, 1.82) is 0 Å². The molecule has 60 heavy (non-hydrogen) atoms. The summed E-state index contributed by atoms with van der Waals surface area (Å²) in [6.07, 6.45) is 0. The largest absolute Gasteiger partial charge is 0.456 e. The van der Waals surface area contributed by atoms with Crippen LogP contribution in [0.25, 0.3) is 120 Å². The van der Waals surface area contributed by atoms with Gasteiger partial charge in [-0.2, -0.15) is 0 Å². The summed E-state index contributed by atoms with van der Waals surface area (Å²) in [7, 11) is 0. The monoisotopic (exact) mass is 762 g/mol. The lowest BCUT2D eigenvalue weighted by Gasteiger charge is -2.24. The van der Waals surface area contributed by atoms with Crippen molar-refractivity contribution in [3.05, 3.63) is 205 Å². The van der Waals surface area contributed by atoms with Crippen LogP contribution in [0.3, 0.4) is 0 Å². The number of benzene rings is 11. The Hall–Kier alpha value is -7.48. The second-order valence-electron chi connectivity index (χ2n) is 17.1. The van der Waals surface area contributed by atoms with Gasteiger partial charge in [0.25, 0.3) is 0 Å². The first-order valence-corrected chi connectivity index (χ1v) is 21.0. The predicted molar refractivity (Wildman–Crippen MR) is 255 cm³/mol. The first-order chi connectivity index (χ1) is 29.5. The van der Waals surface area contributed by atoms with Gasteiger partial charge in [0.1, 0.15) is 11.2 Å². The molecular formula is C59H38O. The molecule has 0 saturated carbocycles. The Bertz CT molecular complexity index is 3730. The van der Waals surface area contributed by atoms with E-state index in [4.69, 9.17) is 4.42 Å². The third kappa shape index (κ3) is 4.58. The fourth-order valence-electron chi connectivity index (χ4n) is 11.0. The van der Waals surface area contributed by atoms with E-state index in [2.05, 4.69) is 208 Å². The molecule has 1 heteroatoms.